The van der Waals surface area contributed by atoms with Crippen LogP contribution in [-0.2, 0) is 9.59 Å². The molecular weight excluding hydrogens is 360 g/mol. The van der Waals surface area contributed by atoms with Crippen molar-refractivity contribution in [1.29, 1.82) is 0 Å². The number of methoxy groups -OCH3 is 2. The van der Waals surface area contributed by atoms with Crippen LogP contribution in [0.25, 0.3) is 6.08 Å². The Balaban J connectivity index is 2.08. The average Bonchev–Trinajstić information content (AvgIpc) is 2.67. The topological polar surface area (TPSA) is 84.9 Å². The summed E-state index contributed by atoms with van der Waals surface area (Å²) in [6.07, 6.45) is 1.39. The molecule has 0 unspecified atom stereocenters. The lowest BCUT2D eigenvalue weighted by Gasteiger charge is -2.27. The fourth-order valence-electron chi connectivity index (χ4n) is 2.94. The first-order chi connectivity index (χ1) is 13.4. The van der Waals surface area contributed by atoms with Gasteiger partial charge in [-0.15, -0.1) is 0 Å². The van der Waals surface area contributed by atoms with E-state index in [2.05, 4.69) is 5.32 Å². The van der Waals surface area contributed by atoms with Gasteiger partial charge < -0.3 is 9.47 Å². The van der Waals surface area contributed by atoms with Crippen LogP contribution in [-0.4, -0.2) is 32.1 Å². The first-order valence-corrected chi connectivity index (χ1v) is 8.57. The van der Waals surface area contributed by atoms with Crippen LogP contribution in [0, 0.1) is 13.8 Å². The number of hydrogen-bond acceptors (Lipinski definition) is 5. The normalized spacial score (nSPS) is 15.6. The predicted octanol–water partition coefficient (Wildman–Crippen LogP) is 2.99. The number of amides is 4. The summed E-state index contributed by atoms with van der Waals surface area (Å²) in [6.45, 7) is 3.81. The largest absolute Gasteiger partial charge is 0.493 e. The second-order valence-electron chi connectivity index (χ2n) is 6.31. The van der Waals surface area contributed by atoms with E-state index in [1.807, 2.05) is 19.9 Å². The molecule has 1 aliphatic heterocycles. The van der Waals surface area contributed by atoms with E-state index >= 15 is 0 Å². The Hall–Kier alpha value is -3.61. The molecule has 0 spiro atoms. The fourth-order valence-corrected chi connectivity index (χ4v) is 2.94. The molecule has 2 aromatic carbocycles. The summed E-state index contributed by atoms with van der Waals surface area (Å²) in [4.78, 5) is 38.6. The number of imide groups is 2. The molecule has 0 bridgehead atoms. The maximum atomic E-state index is 13.0. The van der Waals surface area contributed by atoms with E-state index in [0.717, 1.165) is 16.0 Å². The third-order valence-electron chi connectivity index (χ3n) is 4.58. The van der Waals surface area contributed by atoms with E-state index in [4.69, 9.17) is 9.47 Å². The van der Waals surface area contributed by atoms with E-state index in [1.165, 1.54) is 20.3 Å². The number of rotatable bonds is 4. The number of hydrogen-bond donors (Lipinski definition) is 1. The van der Waals surface area contributed by atoms with E-state index in [9.17, 15) is 14.4 Å². The van der Waals surface area contributed by atoms with Crippen molar-refractivity contribution < 1.29 is 23.9 Å². The first kappa shape index (κ1) is 19.2. The van der Waals surface area contributed by atoms with Crippen LogP contribution in [0.3, 0.4) is 0 Å². The SMILES string of the molecule is COc1cccc(/C=C2\C(=O)NC(=O)N(c3ccc(C)c(C)c3)C2=O)c1OC. The minimum Gasteiger partial charge on any atom is -0.493 e. The molecule has 1 heterocycles. The predicted molar refractivity (Wildman–Crippen MR) is 104 cm³/mol. The summed E-state index contributed by atoms with van der Waals surface area (Å²) < 4.78 is 10.6. The number of benzene rings is 2. The van der Waals surface area contributed by atoms with Gasteiger partial charge in [0.1, 0.15) is 5.57 Å². The van der Waals surface area contributed by atoms with Crippen LogP contribution >= 0.6 is 0 Å². The smallest absolute Gasteiger partial charge is 0.335 e. The van der Waals surface area contributed by atoms with Gasteiger partial charge in [-0.25, -0.2) is 9.69 Å². The molecule has 0 atom stereocenters. The van der Waals surface area contributed by atoms with E-state index in [1.54, 1.807) is 30.3 Å². The number of carbonyl (C=O) groups excluding carboxylic acids is 3. The molecule has 7 heteroatoms. The Morgan fingerprint density at radius 1 is 0.964 bits per heavy atom. The molecule has 0 aliphatic carbocycles. The van der Waals surface area contributed by atoms with Gasteiger partial charge in [0, 0.05) is 5.56 Å². The van der Waals surface area contributed by atoms with Crippen molar-refractivity contribution in [2.45, 2.75) is 13.8 Å². The van der Waals surface area contributed by atoms with Crippen LogP contribution in [0.5, 0.6) is 11.5 Å². The number of aryl methyl sites for hydroxylation is 2. The van der Waals surface area contributed by atoms with Crippen molar-refractivity contribution in [3.63, 3.8) is 0 Å². The quantitative estimate of drug-likeness (QED) is 0.651. The zero-order valence-electron chi connectivity index (χ0n) is 16.0. The molecule has 0 saturated carbocycles. The summed E-state index contributed by atoms with van der Waals surface area (Å²) >= 11 is 0. The number of carbonyl (C=O) groups is 3. The lowest BCUT2D eigenvalue weighted by atomic mass is 10.0. The van der Waals surface area contributed by atoms with Gasteiger partial charge in [0.15, 0.2) is 11.5 Å². The molecule has 144 valence electrons. The van der Waals surface area contributed by atoms with Crippen molar-refractivity contribution >= 4 is 29.6 Å². The maximum Gasteiger partial charge on any atom is 0.335 e. The van der Waals surface area contributed by atoms with Gasteiger partial charge in [0.25, 0.3) is 11.8 Å². The Labute approximate surface area is 162 Å². The Kier molecular flexibility index (Phi) is 5.17. The molecular formula is C21H20N2O5. The summed E-state index contributed by atoms with van der Waals surface area (Å²) in [5, 5.41) is 2.22. The van der Waals surface area contributed by atoms with Gasteiger partial charge in [-0.1, -0.05) is 18.2 Å². The molecule has 7 nitrogen and oxygen atoms in total. The Morgan fingerprint density at radius 2 is 1.71 bits per heavy atom. The van der Waals surface area contributed by atoms with Gasteiger partial charge in [-0.3, -0.25) is 14.9 Å². The van der Waals surface area contributed by atoms with Gasteiger partial charge in [0.05, 0.1) is 19.9 Å². The number of ether oxygens (including phenoxy) is 2. The number of nitrogens with zero attached hydrogens (tertiary/aromatic N) is 1. The number of nitrogens with one attached hydrogen (secondary N) is 1. The summed E-state index contributed by atoms with van der Waals surface area (Å²) in [5.41, 5.74) is 2.65. The van der Waals surface area contributed by atoms with Crippen LogP contribution in [0.2, 0.25) is 0 Å². The first-order valence-electron chi connectivity index (χ1n) is 8.57. The van der Waals surface area contributed by atoms with Crippen molar-refractivity contribution in [2.75, 3.05) is 19.1 Å². The second-order valence-corrected chi connectivity index (χ2v) is 6.31. The average molecular weight is 380 g/mol. The summed E-state index contributed by atoms with van der Waals surface area (Å²) in [7, 11) is 2.96. The number of urea groups is 1. The highest BCUT2D eigenvalue weighted by molar-refractivity contribution is 6.39. The van der Waals surface area contributed by atoms with Crippen LogP contribution < -0.4 is 19.7 Å². The number of barbiturate groups is 1. The van der Waals surface area contributed by atoms with Crippen molar-refractivity contribution in [3.8, 4) is 11.5 Å². The maximum absolute atomic E-state index is 13.0. The second kappa shape index (κ2) is 7.56. The zero-order valence-corrected chi connectivity index (χ0v) is 16.0. The van der Waals surface area contributed by atoms with E-state index in [-0.39, 0.29) is 5.57 Å². The lowest BCUT2D eigenvalue weighted by Crippen LogP contribution is -2.54. The molecule has 4 amide bonds. The number of anilines is 1. The van der Waals surface area contributed by atoms with Crippen molar-refractivity contribution in [2.24, 2.45) is 0 Å². The minimum atomic E-state index is -0.784. The van der Waals surface area contributed by atoms with Gasteiger partial charge in [-0.05, 0) is 49.2 Å². The van der Waals surface area contributed by atoms with Crippen LogP contribution in [0.1, 0.15) is 16.7 Å². The van der Waals surface area contributed by atoms with Crippen molar-refractivity contribution in [1.82, 2.24) is 5.32 Å². The highest BCUT2D eigenvalue weighted by atomic mass is 16.5. The third kappa shape index (κ3) is 3.34. The van der Waals surface area contributed by atoms with E-state index in [0.29, 0.717) is 22.7 Å². The molecule has 1 fully saturated rings. The van der Waals surface area contributed by atoms with Gasteiger partial charge >= 0.3 is 6.03 Å². The molecule has 1 N–H and O–H groups in total. The minimum absolute atomic E-state index is 0.176. The van der Waals surface area contributed by atoms with Crippen LogP contribution in [0.15, 0.2) is 42.0 Å². The summed E-state index contributed by atoms with van der Waals surface area (Å²) in [5.74, 6) is -0.628. The molecule has 28 heavy (non-hydrogen) atoms. The Bertz CT molecular complexity index is 1010. The standard InChI is InChI=1S/C21H20N2O5/c1-12-8-9-15(10-13(12)2)23-20(25)16(19(24)22-21(23)26)11-14-6-5-7-17(27-3)18(14)28-4/h5-11H,1-4H3,(H,22,24,26)/b16-11+. The third-order valence-corrected chi connectivity index (χ3v) is 4.58. The summed E-state index contributed by atoms with van der Waals surface area (Å²) in [6, 6.07) is 9.53. The molecule has 0 aromatic heterocycles. The molecule has 3 rings (SSSR count). The van der Waals surface area contributed by atoms with E-state index < -0.39 is 17.8 Å². The van der Waals surface area contributed by atoms with Crippen LogP contribution in [0.4, 0.5) is 10.5 Å². The highest BCUT2D eigenvalue weighted by Crippen LogP contribution is 2.33. The van der Waals surface area contributed by atoms with Gasteiger partial charge in [-0.2, -0.15) is 0 Å². The molecule has 2 aromatic rings. The number of para-hydroxylation sites is 1. The van der Waals surface area contributed by atoms with Gasteiger partial charge in [0.2, 0.25) is 0 Å². The zero-order chi connectivity index (χ0) is 20.4. The molecule has 1 aliphatic rings. The lowest BCUT2D eigenvalue weighted by molar-refractivity contribution is -0.122. The fraction of sp³-hybridized carbons (Fsp3) is 0.190. The monoisotopic (exact) mass is 380 g/mol. The Morgan fingerprint density at radius 3 is 2.36 bits per heavy atom. The molecule has 1 saturated heterocycles. The highest BCUT2D eigenvalue weighted by Gasteiger charge is 2.37. The van der Waals surface area contributed by atoms with Crippen molar-refractivity contribution in [3.05, 3.63) is 58.7 Å². The molecule has 0 radical (unpaired) electrons.